The lowest BCUT2D eigenvalue weighted by Gasteiger charge is -2.10. The topological polar surface area (TPSA) is 129 Å². The summed E-state index contributed by atoms with van der Waals surface area (Å²) in [6.07, 6.45) is -0.287. The maximum Gasteiger partial charge on any atom is 0.332 e. The highest BCUT2D eigenvalue weighted by Crippen LogP contribution is 2.31. The lowest BCUT2D eigenvalue weighted by atomic mass is 10.1. The number of hydrogen-bond donors (Lipinski definition) is 4. The first kappa shape index (κ1) is 19.1. The molecule has 0 bridgehead atoms. The van der Waals surface area contributed by atoms with Gasteiger partial charge in [0.2, 0.25) is 0 Å². The number of carboxylic acid groups (broad SMARTS) is 1. The molecule has 1 amide bonds. The fraction of sp³-hybridized carbons (Fsp3) is 0.150. The Morgan fingerprint density at radius 1 is 1.11 bits per heavy atom. The molecule has 1 aromatic heterocycles. The van der Waals surface area contributed by atoms with Gasteiger partial charge in [-0.2, -0.15) is 0 Å². The van der Waals surface area contributed by atoms with Crippen LogP contribution in [0.25, 0.3) is 10.8 Å². The fourth-order valence-corrected chi connectivity index (χ4v) is 2.57. The Balaban J connectivity index is 1.75. The number of carboxylic acids is 1. The van der Waals surface area contributed by atoms with Crippen LogP contribution in [0.4, 0.5) is 0 Å². The lowest BCUT2D eigenvalue weighted by Crippen LogP contribution is -2.30. The van der Waals surface area contributed by atoms with Gasteiger partial charge < -0.3 is 25.4 Å². The molecule has 1 heterocycles. The van der Waals surface area contributed by atoms with Crippen molar-refractivity contribution >= 4 is 22.6 Å². The van der Waals surface area contributed by atoms with Crippen LogP contribution in [0.3, 0.4) is 0 Å². The SMILES string of the molecule is O=C(NCCC(O)C(=O)O)c1ncc2cc(Oc3ccccc3)ccc2c1O. The number of aromatic hydroxyl groups is 1. The molecule has 8 nitrogen and oxygen atoms in total. The minimum atomic E-state index is -1.57. The Kier molecular flexibility index (Phi) is 5.71. The van der Waals surface area contributed by atoms with E-state index in [-0.39, 0.29) is 24.4 Å². The van der Waals surface area contributed by atoms with E-state index in [1.165, 1.54) is 6.20 Å². The molecular formula is C20H18N2O6. The molecule has 0 fully saturated rings. The van der Waals surface area contributed by atoms with Gasteiger partial charge in [-0.05, 0) is 30.3 Å². The summed E-state index contributed by atoms with van der Waals surface area (Å²) in [5, 5.41) is 31.7. The van der Waals surface area contributed by atoms with E-state index < -0.39 is 18.0 Å². The van der Waals surface area contributed by atoms with Crippen molar-refractivity contribution in [3.8, 4) is 17.2 Å². The minimum Gasteiger partial charge on any atom is -0.505 e. The predicted molar refractivity (Wildman–Crippen MR) is 101 cm³/mol. The van der Waals surface area contributed by atoms with Gasteiger partial charge in [0.1, 0.15) is 11.5 Å². The van der Waals surface area contributed by atoms with E-state index in [0.717, 1.165) is 0 Å². The van der Waals surface area contributed by atoms with Crippen LogP contribution in [0.2, 0.25) is 0 Å². The number of benzene rings is 2. The van der Waals surface area contributed by atoms with Crippen LogP contribution in [0.1, 0.15) is 16.9 Å². The highest BCUT2D eigenvalue weighted by atomic mass is 16.5. The number of para-hydroxylation sites is 1. The van der Waals surface area contributed by atoms with Crippen molar-refractivity contribution in [2.75, 3.05) is 6.54 Å². The van der Waals surface area contributed by atoms with E-state index in [4.69, 9.17) is 9.84 Å². The second kappa shape index (κ2) is 8.36. The second-order valence-corrected chi connectivity index (χ2v) is 6.02. The molecule has 2 aromatic carbocycles. The molecule has 4 N–H and O–H groups in total. The Morgan fingerprint density at radius 2 is 1.86 bits per heavy atom. The number of rotatable bonds is 7. The zero-order valence-corrected chi connectivity index (χ0v) is 14.7. The summed E-state index contributed by atoms with van der Waals surface area (Å²) in [4.78, 5) is 26.7. The standard InChI is InChI=1S/C20H18N2O6/c23-16(20(26)27)8-9-21-19(25)17-18(24)15-7-6-14(10-12(15)11-22-17)28-13-4-2-1-3-5-13/h1-7,10-11,16,23-24H,8-9H2,(H,21,25)(H,26,27). The van der Waals surface area contributed by atoms with Gasteiger partial charge in [0.05, 0.1) is 0 Å². The summed E-state index contributed by atoms with van der Waals surface area (Å²) < 4.78 is 5.74. The largest absolute Gasteiger partial charge is 0.505 e. The first-order chi connectivity index (χ1) is 13.5. The Hall–Kier alpha value is -3.65. The first-order valence-electron chi connectivity index (χ1n) is 8.49. The van der Waals surface area contributed by atoms with Crippen molar-refractivity contribution in [1.82, 2.24) is 10.3 Å². The number of aliphatic hydroxyl groups excluding tert-OH is 1. The number of pyridine rings is 1. The van der Waals surface area contributed by atoms with Gasteiger partial charge in [-0.25, -0.2) is 9.78 Å². The molecule has 8 heteroatoms. The molecule has 0 saturated heterocycles. The highest BCUT2D eigenvalue weighted by molar-refractivity contribution is 6.01. The van der Waals surface area contributed by atoms with Gasteiger partial charge in [0, 0.05) is 29.9 Å². The molecule has 0 aliphatic heterocycles. The van der Waals surface area contributed by atoms with Crippen LogP contribution in [-0.2, 0) is 4.79 Å². The smallest absolute Gasteiger partial charge is 0.332 e. The molecule has 3 rings (SSSR count). The maximum atomic E-state index is 12.2. The lowest BCUT2D eigenvalue weighted by molar-refractivity contribution is -0.146. The van der Waals surface area contributed by atoms with Gasteiger partial charge in [-0.1, -0.05) is 18.2 Å². The first-order valence-corrected chi connectivity index (χ1v) is 8.49. The highest BCUT2D eigenvalue weighted by Gasteiger charge is 2.18. The zero-order chi connectivity index (χ0) is 20.1. The molecule has 0 radical (unpaired) electrons. The van der Waals surface area contributed by atoms with E-state index in [9.17, 15) is 19.8 Å². The quantitative estimate of drug-likeness (QED) is 0.493. The van der Waals surface area contributed by atoms with Crippen molar-refractivity contribution in [2.24, 2.45) is 0 Å². The zero-order valence-electron chi connectivity index (χ0n) is 14.7. The summed E-state index contributed by atoms with van der Waals surface area (Å²) in [5.41, 5.74) is -0.186. The normalized spacial score (nSPS) is 11.8. The summed E-state index contributed by atoms with van der Waals surface area (Å²) in [6, 6.07) is 14.2. The number of aliphatic carboxylic acids is 1. The van der Waals surface area contributed by atoms with Crippen molar-refractivity contribution < 1.29 is 29.6 Å². The Morgan fingerprint density at radius 3 is 2.57 bits per heavy atom. The average molecular weight is 382 g/mol. The van der Waals surface area contributed by atoms with Gasteiger partial charge in [-0.3, -0.25) is 4.79 Å². The number of nitrogens with one attached hydrogen (secondary N) is 1. The van der Waals surface area contributed by atoms with Crippen LogP contribution in [0.15, 0.2) is 54.7 Å². The molecule has 144 valence electrons. The number of aromatic nitrogens is 1. The fourth-order valence-electron chi connectivity index (χ4n) is 2.57. The number of carbonyl (C=O) groups is 2. The van der Waals surface area contributed by atoms with Gasteiger partial charge >= 0.3 is 5.97 Å². The average Bonchev–Trinajstić information content (AvgIpc) is 2.68. The third kappa shape index (κ3) is 4.36. The van der Waals surface area contributed by atoms with Crippen LogP contribution in [0, 0.1) is 0 Å². The van der Waals surface area contributed by atoms with Crippen LogP contribution in [0.5, 0.6) is 17.2 Å². The maximum absolute atomic E-state index is 12.2. The monoisotopic (exact) mass is 382 g/mol. The van der Waals surface area contributed by atoms with E-state index in [2.05, 4.69) is 10.3 Å². The Bertz CT molecular complexity index is 1010. The molecule has 3 aromatic rings. The van der Waals surface area contributed by atoms with Crippen LogP contribution in [-0.4, -0.2) is 44.8 Å². The van der Waals surface area contributed by atoms with Crippen molar-refractivity contribution in [3.05, 3.63) is 60.4 Å². The van der Waals surface area contributed by atoms with E-state index in [1.54, 1.807) is 18.2 Å². The van der Waals surface area contributed by atoms with Crippen molar-refractivity contribution in [1.29, 1.82) is 0 Å². The number of hydrogen-bond acceptors (Lipinski definition) is 6. The van der Waals surface area contributed by atoms with Gasteiger partial charge in [0.25, 0.3) is 5.91 Å². The molecule has 0 aliphatic carbocycles. The number of amides is 1. The third-order valence-corrected chi connectivity index (χ3v) is 4.02. The number of fused-ring (bicyclic) bond motifs is 1. The molecule has 28 heavy (non-hydrogen) atoms. The van der Waals surface area contributed by atoms with Crippen LogP contribution >= 0.6 is 0 Å². The second-order valence-electron chi connectivity index (χ2n) is 6.02. The number of ether oxygens (including phenoxy) is 1. The number of aliphatic hydroxyl groups is 1. The van der Waals surface area contributed by atoms with Gasteiger partial charge in [-0.15, -0.1) is 0 Å². The molecule has 0 spiro atoms. The van der Waals surface area contributed by atoms with Crippen LogP contribution < -0.4 is 10.1 Å². The summed E-state index contributed by atoms with van der Waals surface area (Å²) in [5.74, 6) is -1.10. The number of nitrogens with zero attached hydrogens (tertiary/aromatic N) is 1. The van der Waals surface area contributed by atoms with E-state index >= 15 is 0 Å². The summed E-state index contributed by atoms with van der Waals surface area (Å²) in [7, 11) is 0. The van der Waals surface area contributed by atoms with Gasteiger partial charge in [0.15, 0.2) is 17.5 Å². The minimum absolute atomic E-state index is 0.0741. The molecule has 0 saturated carbocycles. The predicted octanol–water partition coefficient (Wildman–Crippen LogP) is 2.30. The van der Waals surface area contributed by atoms with Crippen molar-refractivity contribution in [3.63, 3.8) is 0 Å². The molecule has 0 aliphatic rings. The summed E-state index contributed by atoms with van der Waals surface area (Å²) >= 11 is 0. The third-order valence-electron chi connectivity index (χ3n) is 4.02. The number of carbonyl (C=O) groups excluding carboxylic acids is 1. The molecule has 1 atom stereocenters. The Labute approximate surface area is 160 Å². The van der Waals surface area contributed by atoms with E-state index in [0.29, 0.717) is 22.3 Å². The molecule has 1 unspecified atom stereocenters. The van der Waals surface area contributed by atoms with Crippen molar-refractivity contribution in [2.45, 2.75) is 12.5 Å². The summed E-state index contributed by atoms with van der Waals surface area (Å²) in [6.45, 7) is -0.0741. The molecular weight excluding hydrogens is 364 g/mol. The van der Waals surface area contributed by atoms with E-state index in [1.807, 2.05) is 30.3 Å².